The Hall–Kier alpha value is -1.95. The van der Waals surface area contributed by atoms with E-state index in [0.29, 0.717) is 6.42 Å². The van der Waals surface area contributed by atoms with Gasteiger partial charge in [0.15, 0.2) is 0 Å². The fourth-order valence-corrected chi connectivity index (χ4v) is 1.33. The van der Waals surface area contributed by atoms with Gasteiger partial charge in [0.2, 0.25) is 5.91 Å². The summed E-state index contributed by atoms with van der Waals surface area (Å²) in [6, 6.07) is 3.41. The Labute approximate surface area is 110 Å². The number of nitrogens with one attached hydrogen (secondary N) is 1. The maximum atomic E-state index is 13.2. The molecule has 6 heteroatoms. The summed E-state index contributed by atoms with van der Waals surface area (Å²) >= 11 is 0. The predicted octanol–water partition coefficient (Wildman–Crippen LogP) is 1.68. The molecule has 0 heterocycles. The van der Waals surface area contributed by atoms with Crippen LogP contribution in [0, 0.1) is 5.82 Å². The summed E-state index contributed by atoms with van der Waals surface area (Å²) in [5.74, 6) is -1.73. The molecule has 1 atom stereocenters. The molecule has 3 N–H and O–H groups in total. The van der Waals surface area contributed by atoms with Crippen LogP contribution in [0.3, 0.4) is 0 Å². The lowest BCUT2D eigenvalue weighted by molar-refractivity contribution is -0.120. The lowest BCUT2D eigenvalue weighted by Crippen LogP contribution is -2.48. The third-order valence-electron chi connectivity index (χ3n) is 2.89. The number of anilines is 1. The number of methoxy groups -OCH3 is 1. The van der Waals surface area contributed by atoms with Gasteiger partial charge in [0.25, 0.3) is 0 Å². The summed E-state index contributed by atoms with van der Waals surface area (Å²) in [5.41, 5.74) is 4.80. The summed E-state index contributed by atoms with van der Waals surface area (Å²) in [6.07, 6.45) is 0.404. The lowest BCUT2D eigenvalue weighted by atomic mass is 9.99. The molecule has 0 spiro atoms. The van der Waals surface area contributed by atoms with Gasteiger partial charge in [-0.15, -0.1) is 0 Å². The zero-order valence-corrected chi connectivity index (χ0v) is 11.1. The molecule has 104 valence electrons. The van der Waals surface area contributed by atoms with E-state index in [1.54, 1.807) is 13.8 Å². The van der Waals surface area contributed by atoms with Gasteiger partial charge in [-0.3, -0.25) is 4.79 Å². The van der Waals surface area contributed by atoms with Crippen molar-refractivity contribution in [1.82, 2.24) is 0 Å². The number of hydrogen-bond acceptors (Lipinski definition) is 4. The largest absolute Gasteiger partial charge is 0.465 e. The van der Waals surface area contributed by atoms with E-state index in [9.17, 15) is 14.0 Å². The smallest absolute Gasteiger partial charge is 0.339 e. The molecule has 0 aromatic heterocycles. The third kappa shape index (κ3) is 3.51. The second-order valence-electron chi connectivity index (χ2n) is 4.41. The first kappa shape index (κ1) is 15.1. The number of benzene rings is 1. The first-order valence-electron chi connectivity index (χ1n) is 5.80. The van der Waals surface area contributed by atoms with Gasteiger partial charge >= 0.3 is 5.97 Å². The average molecular weight is 268 g/mol. The van der Waals surface area contributed by atoms with Crippen LogP contribution in [0.2, 0.25) is 0 Å². The summed E-state index contributed by atoms with van der Waals surface area (Å²) < 4.78 is 17.8. The fraction of sp³-hybridized carbons (Fsp3) is 0.385. The second-order valence-corrected chi connectivity index (χ2v) is 4.41. The van der Waals surface area contributed by atoms with E-state index in [4.69, 9.17) is 5.73 Å². The van der Waals surface area contributed by atoms with Crippen molar-refractivity contribution < 1.29 is 18.7 Å². The molecule has 1 aromatic carbocycles. The molecule has 1 rings (SSSR count). The monoisotopic (exact) mass is 268 g/mol. The third-order valence-corrected chi connectivity index (χ3v) is 2.89. The summed E-state index contributed by atoms with van der Waals surface area (Å²) in [7, 11) is 1.20. The van der Waals surface area contributed by atoms with Crippen LogP contribution >= 0.6 is 0 Å². The Morgan fingerprint density at radius 1 is 1.47 bits per heavy atom. The van der Waals surface area contributed by atoms with Crippen molar-refractivity contribution in [3.63, 3.8) is 0 Å². The molecular weight excluding hydrogens is 251 g/mol. The Morgan fingerprint density at radius 3 is 2.63 bits per heavy atom. The van der Waals surface area contributed by atoms with Crippen LogP contribution in [0.4, 0.5) is 10.1 Å². The maximum absolute atomic E-state index is 13.2. The molecular formula is C13H17FN2O3. The zero-order valence-electron chi connectivity index (χ0n) is 11.1. The summed E-state index contributed by atoms with van der Waals surface area (Å²) in [6.45, 7) is 3.31. The van der Waals surface area contributed by atoms with Gasteiger partial charge in [-0.05, 0) is 31.5 Å². The van der Waals surface area contributed by atoms with E-state index in [0.717, 1.165) is 12.1 Å². The molecule has 0 saturated carbocycles. The highest BCUT2D eigenvalue weighted by molar-refractivity contribution is 6.04. The van der Waals surface area contributed by atoms with Gasteiger partial charge in [-0.2, -0.15) is 0 Å². The molecule has 0 bridgehead atoms. The SMILES string of the molecule is CCC(C)(N)C(=O)Nc1cc(F)ccc1C(=O)OC. The first-order chi connectivity index (χ1) is 8.81. The number of carbonyl (C=O) groups excluding carboxylic acids is 2. The van der Waals surface area contributed by atoms with E-state index in [1.807, 2.05) is 0 Å². The normalized spacial score (nSPS) is 13.5. The molecule has 19 heavy (non-hydrogen) atoms. The number of amides is 1. The lowest BCUT2D eigenvalue weighted by Gasteiger charge is -2.22. The minimum absolute atomic E-state index is 0.0435. The highest BCUT2D eigenvalue weighted by Gasteiger charge is 2.27. The van der Waals surface area contributed by atoms with Gasteiger partial charge in [0, 0.05) is 0 Å². The maximum Gasteiger partial charge on any atom is 0.339 e. The van der Waals surface area contributed by atoms with Crippen molar-refractivity contribution in [2.75, 3.05) is 12.4 Å². The standard InChI is InChI=1S/C13H17FN2O3/c1-4-13(2,15)12(18)16-10-7-8(14)5-6-9(10)11(17)19-3/h5-7H,4,15H2,1-3H3,(H,16,18). The minimum Gasteiger partial charge on any atom is -0.465 e. The van der Waals surface area contributed by atoms with E-state index >= 15 is 0 Å². The molecule has 0 aliphatic heterocycles. The van der Waals surface area contributed by atoms with E-state index in [-0.39, 0.29) is 11.3 Å². The van der Waals surface area contributed by atoms with Crippen molar-refractivity contribution in [1.29, 1.82) is 0 Å². The molecule has 1 amide bonds. The van der Waals surface area contributed by atoms with Gasteiger partial charge in [-0.1, -0.05) is 6.92 Å². The quantitative estimate of drug-likeness (QED) is 0.814. The van der Waals surface area contributed by atoms with Crippen molar-refractivity contribution >= 4 is 17.6 Å². The number of nitrogens with two attached hydrogens (primary N) is 1. The van der Waals surface area contributed by atoms with E-state index in [1.165, 1.54) is 13.2 Å². The topological polar surface area (TPSA) is 81.4 Å². The number of ether oxygens (including phenoxy) is 1. The Balaban J connectivity index is 3.09. The molecule has 0 radical (unpaired) electrons. The number of carbonyl (C=O) groups is 2. The Kier molecular flexibility index (Phi) is 4.61. The second kappa shape index (κ2) is 5.79. The van der Waals surface area contributed by atoms with Crippen LogP contribution in [-0.4, -0.2) is 24.5 Å². The van der Waals surface area contributed by atoms with Crippen LogP contribution in [0.5, 0.6) is 0 Å². The highest BCUT2D eigenvalue weighted by Crippen LogP contribution is 2.20. The Morgan fingerprint density at radius 2 is 2.11 bits per heavy atom. The highest BCUT2D eigenvalue weighted by atomic mass is 19.1. The zero-order chi connectivity index (χ0) is 14.6. The fourth-order valence-electron chi connectivity index (χ4n) is 1.33. The van der Waals surface area contributed by atoms with Gasteiger partial charge < -0.3 is 15.8 Å². The molecule has 0 fully saturated rings. The first-order valence-corrected chi connectivity index (χ1v) is 5.80. The van der Waals surface area contributed by atoms with E-state index in [2.05, 4.69) is 10.1 Å². The molecule has 1 aromatic rings. The average Bonchev–Trinajstić information content (AvgIpc) is 2.38. The van der Waals surface area contributed by atoms with Crippen LogP contribution in [-0.2, 0) is 9.53 Å². The van der Waals surface area contributed by atoms with E-state index < -0.39 is 23.2 Å². The molecule has 0 aliphatic rings. The minimum atomic E-state index is -1.10. The number of hydrogen-bond donors (Lipinski definition) is 2. The molecule has 0 aliphatic carbocycles. The van der Waals surface area contributed by atoms with Crippen molar-refractivity contribution in [2.24, 2.45) is 5.73 Å². The van der Waals surface area contributed by atoms with Crippen LogP contribution in [0.15, 0.2) is 18.2 Å². The van der Waals surface area contributed by atoms with Crippen molar-refractivity contribution in [3.8, 4) is 0 Å². The molecule has 0 saturated heterocycles. The van der Waals surface area contributed by atoms with Crippen LogP contribution in [0.25, 0.3) is 0 Å². The Bertz CT molecular complexity index is 501. The molecule has 1 unspecified atom stereocenters. The number of rotatable bonds is 4. The van der Waals surface area contributed by atoms with Crippen LogP contribution < -0.4 is 11.1 Å². The van der Waals surface area contributed by atoms with Crippen LogP contribution in [0.1, 0.15) is 30.6 Å². The van der Waals surface area contributed by atoms with Gasteiger partial charge in [0.05, 0.1) is 23.9 Å². The van der Waals surface area contributed by atoms with Gasteiger partial charge in [-0.25, -0.2) is 9.18 Å². The number of halogens is 1. The molecule has 5 nitrogen and oxygen atoms in total. The summed E-state index contributed by atoms with van der Waals surface area (Å²) in [5, 5.41) is 2.45. The van der Waals surface area contributed by atoms with Crippen molar-refractivity contribution in [2.45, 2.75) is 25.8 Å². The number of esters is 1. The van der Waals surface area contributed by atoms with Crippen molar-refractivity contribution in [3.05, 3.63) is 29.6 Å². The predicted molar refractivity (Wildman–Crippen MR) is 69.3 cm³/mol. The summed E-state index contributed by atoms with van der Waals surface area (Å²) in [4.78, 5) is 23.4. The van der Waals surface area contributed by atoms with Gasteiger partial charge in [0.1, 0.15) is 5.82 Å².